The molecule has 2 aliphatic carbocycles. The minimum atomic E-state index is -0.489. The molecule has 0 spiro atoms. The van der Waals surface area contributed by atoms with Gasteiger partial charge < -0.3 is 21.3 Å². The zero-order valence-corrected chi connectivity index (χ0v) is 21.0. The Bertz CT molecular complexity index is 1350. The fourth-order valence-corrected chi connectivity index (χ4v) is 6.22. The maximum atomic E-state index is 12.9. The first-order valence-electron chi connectivity index (χ1n) is 12.6. The van der Waals surface area contributed by atoms with E-state index in [0.29, 0.717) is 24.2 Å². The van der Waals surface area contributed by atoms with Crippen LogP contribution < -0.4 is 16.4 Å². The molecule has 4 aliphatic rings. The number of hydrogen-bond acceptors (Lipinski definition) is 6. The highest BCUT2D eigenvalue weighted by Crippen LogP contribution is 2.38. The second-order valence-corrected chi connectivity index (χ2v) is 11.4. The number of Topliss-reactive ketones (excluding diaryl/α,β-unsaturated/α-hetero) is 1. The molecule has 0 radical (unpaired) electrons. The number of primary amides is 1. The summed E-state index contributed by atoms with van der Waals surface area (Å²) in [7, 11) is 0. The van der Waals surface area contributed by atoms with Gasteiger partial charge in [0.15, 0.2) is 5.78 Å². The average molecular weight is 489 g/mol. The first kappa shape index (κ1) is 23.0. The number of carbonyl (C=O) groups excluding carboxylic acids is 3. The third kappa shape index (κ3) is 3.91. The van der Waals surface area contributed by atoms with Crippen LogP contribution in [0, 0.1) is 12.3 Å². The normalized spacial score (nSPS) is 24.2. The molecule has 2 aromatic rings. The highest BCUT2D eigenvalue weighted by molar-refractivity contribution is 6.00. The zero-order valence-electron chi connectivity index (χ0n) is 21.0. The summed E-state index contributed by atoms with van der Waals surface area (Å²) in [5, 5.41) is 11.8. The summed E-state index contributed by atoms with van der Waals surface area (Å²) in [5.41, 5.74) is 12.7. The van der Waals surface area contributed by atoms with E-state index >= 15 is 0 Å². The summed E-state index contributed by atoms with van der Waals surface area (Å²) < 4.78 is 1.85. The van der Waals surface area contributed by atoms with Gasteiger partial charge in [-0.25, -0.2) is 4.68 Å². The van der Waals surface area contributed by atoms with Crippen LogP contribution in [0.3, 0.4) is 0 Å². The molecule has 188 valence electrons. The van der Waals surface area contributed by atoms with E-state index < -0.39 is 5.91 Å². The van der Waals surface area contributed by atoms with Crippen LogP contribution >= 0.6 is 0 Å². The van der Waals surface area contributed by atoms with Crippen molar-refractivity contribution in [3.8, 4) is 5.69 Å². The fourth-order valence-electron chi connectivity index (χ4n) is 6.22. The Labute approximate surface area is 210 Å². The van der Waals surface area contributed by atoms with E-state index in [2.05, 4.69) is 24.5 Å². The van der Waals surface area contributed by atoms with E-state index in [-0.39, 0.29) is 29.2 Å². The number of amides is 2. The lowest BCUT2D eigenvalue weighted by Crippen LogP contribution is -2.35. The molecule has 2 aliphatic heterocycles. The van der Waals surface area contributed by atoms with Crippen molar-refractivity contribution in [3.63, 3.8) is 0 Å². The zero-order chi connectivity index (χ0) is 25.4. The number of rotatable bonds is 6. The number of nitrogens with two attached hydrogens (primary N) is 1. The number of hydrogen-bond donors (Lipinski definition) is 3. The second-order valence-electron chi connectivity index (χ2n) is 11.4. The number of aryl methyl sites for hydroxylation is 1. The van der Waals surface area contributed by atoms with Crippen LogP contribution in [0.15, 0.2) is 29.3 Å². The van der Waals surface area contributed by atoms with E-state index in [9.17, 15) is 14.4 Å². The summed E-state index contributed by atoms with van der Waals surface area (Å²) in [6, 6.07) is 5.86. The van der Waals surface area contributed by atoms with Gasteiger partial charge in [-0.3, -0.25) is 14.4 Å². The lowest BCUT2D eigenvalue weighted by molar-refractivity contribution is -0.113. The summed E-state index contributed by atoms with van der Waals surface area (Å²) in [4.78, 5) is 38.5. The Morgan fingerprint density at radius 3 is 2.75 bits per heavy atom. The number of aromatic nitrogens is 2. The van der Waals surface area contributed by atoms with E-state index in [4.69, 9.17) is 10.8 Å². The molecular formula is C27H32N6O3. The number of nitrogens with one attached hydrogen (secondary N) is 2. The highest BCUT2D eigenvalue weighted by Gasteiger charge is 2.39. The van der Waals surface area contributed by atoms with Crippen molar-refractivity contribution in [2.24, 2.45) is 11.1 Å². The lowest BCUT2D eigenvalue weighted by Gasteiger charge is -2.29. The number of carbonyl (C=O) groups is 3. The Hall–Kier alpha value is -3.46. The fraction of sp³-hybridized carbons (Fsp3) is 0.481. The van der Waals surface area contributed by atoms with Crippen molar-refractivity contribution >= 4 is 23.3 Å². The third-order valence-corrected chi connectivity index (χ3v) is 7.97. The molecule has 4 N–H and O–H groups in total. The molecule has 0 unspecified atom stereocenters. The van der Waals surface area contributed by atoms with Crippen LogP contribution in [0.1, 0.15) is 65.2 Å². The molecule has 1 saturated heterocycles. The smallest absolute Gasteiger partial charge is 0.250 e. The summed E-state index contributed by atoms with van der Waals surface area (Å²) in [6.07, 6.45) is 3.01. The first-order valence-corrected chi connectivity index (χ1v) is 12.6. The van der Waals surface area contributed by atoms with Crippen LogP contribution in [0.25, 0.3) is 5.69 Å². The quantitative estimate of drug-likeness (QED) is 0.423. The Morgan fingerprint density at radius 2 is 2.03 bits per heavy atom. The molecule has 9 heteroatoms. The molecule has 36 heavy (non-hydrogen) atoms. The van der Waals surface area contributed by atoms with Gasteiger partial charge in [0.05, 0.1) is 34.7 Å². The van der Waals surface area contributed by atoms with Crippen molar-refractivity contribution in [1.29, 1.82) is 0 Å². The molecule has 1 aromatic carbocycles. The van der Waals surface area contributed by atoms with Gasteiger partial charge >= 0.3 is 0 Å². The largest absolute Gasteiger partial charge is 0.381 e. The van der Waals surface area contributed by atoms with E-state index in [1.165, 1.54) is 11.1 Å². The van der Waals surface area contributed by atoms with Crippen LogP contribution in [0.4, 0.5) is 5.69 Å². The summed E-state index contributed by atoms with van der Waals surface area (Å²) in [6.45, 7) is 8.21. The predicted octanol–water partition coefficient (Wildman–Crippen LogP) is 2.12. The number of ketones is 1. The Balaban J connectivity index is 1.28. The third-order valence-electron chi connectivity index (χ3n) is 7.97. The molecule has 3 heterocycles. The van der Waals surface area contributed by atoms with Gasteiger partial charge in [0.25, 0.3) is 5.91 Å². The maximum Gasteiger partial charge on any atom is 0.250 e. The van der Waals surface area contributed by atoms with Gasteiger partial charge in [-0.2, -0.15) is 5.10 Å². The minimum Gasteiger partial charge on any atom is -0.381 e. The van der Waals surface area contributed by atoms with Crippen LogP contribution in [-0.2, 0) is 11.2 Å². The SMILES string of the molecule is Cc1nn(-c2ccc(C(N)=O)c(N[C@H]3CC4=C(C3)[C@@H](CN3CC3=O)NC4)c2)c2c1C(=O)CC(C)(C)C2. The molecule has 2 amide bonds. The summed E-state index contributed by atoms with van der Waals surface area (Å²) >= 11 is 0. The van der Waals surface area contributed by atoms with Gasteiger partial charge in [0, 0.05) is 37.3 Å². The van der Waals surface area contributed by atoms with Gasteiger partial charge in [-0.15, -0.1) is 0 Å². The number of anilines is 1. The second kappa shape index (κ2) is 8.03. The van der Waals surface area contributed by atoms with Crippen molar-refractivity contribution < 1.29 is 14.4 Å². The molecule has 0 saturated carbocycles. The van der Waals surface area contributed by atoms with Gasteiger partial charge in [0.1, 0.15) is 0 Å². The molecule has 0 bridgehead atoms. The van der Waals surface area contributed by atoms with Gasteiger partial charge in [-0.05, 0) is 55.4 Å². The lowest BCUT2D eigenvalue weighted by atomic mass is 9.75. The van der Waals surface area contributed by atoms with E-state index in [1.807, 2.05) is 28.6 Å². The number of benzene rings is 1. The van der Waals surface area contributed by atoms with Crippen molar-refractivity contribution in [2.75, 3.05) is 25.0 Å². The molecule has 2 atom stereocenters. The monoisotopic (exact) mass is 488 g/mol. The maximum absolute atomic E-state index is 12.9. The number of nitrogens with zero attached hydrogens (tertiary/aromatic N) is 3. The van der Waals surface area contributed by atoms with Gasteiger partial charge in [-0.1, -0.05) is 19.4 Å². The molecular weight excluding hydrogens is 456 g/mol. The topological polar surface area (TPSA) is 122 Å². The molecule has 6 rings (SSSR count). The van der Waals surface area contributed by atoms with Crippen LogP contribution in [-0.4, -0.2) is 64.0 Å². The van der Waals surface area contributed by atoms with Gasteiger partial charge in [0.2, 0.25) is 5.91 Å². The Morgan fingerprint density at radius 1 is 1.25 bits per heavy atom. The average Bonchev–Trinajstić information content (AvgIpc) is 3.09. The predicted molar refractivity (Wildman–Crippen MR) is 135 cm³/mol. The van der Waals surface area contributed by atoms with Crippen molar-refractivity contribution in [3.05, 3.63) is 51.9 Å². The molecule has 1 aromatic heterocycles. The van der Waals surface area contributed by atoms with E-state index in [0.717, 1.165) is 55.0 Å². The standard InChI is InChI=1S/C27H32N6O3/c1-14-25-22(9-27(2,3)10-23(25)34)33(31-14)17-4-5-18(26(28)36)20(8-17)30-16-6-15-11-29-21(19(15)7-16)12-32-13-24(32)35/h4-5,8,16,21,29-30H,6-7,9-13H2,1-3H3,(H2,28,36)/t16-,21+,32?/m0/s1. The van der Waals surface area contributed by atoms with E-state index in [1.54, 1.807) is 6.07 Å². The van der Waals surface area contributed by atoms with Crippen LogP contribution in [0.2, 0.25) is 0 Å². The Kier molecular flexibility index (Phi) is 5.12. The number of fused-ring (bicyclic) bond motifs is 1. The van der Waals surface area contributed by atoms with Crippen molar-refractivity contribution in [2.45, 2.75) is 58.5 Å². The first-order chi connectivity index (χ1) is 17.1. The highest BCUT2D eigenvalue weighted by atomic mass is 16.2. The summed E-state index contributed by atoms with van der Waals surface area (Å²) in [5.74, 6) is -0.143. The van der Waals surface area contributed by atoms with Crippen molar-refractivity contribution in [1.82, 2.24) is 20.0 Å². The molecule has 9 nitrogen and oxygen atoms in total. The molecule has 1 fully saturated rings. The minimum absolute atomic E-state index is 0.134. The van der Waals surface area contributed by atoms with Crippen LogP contribution in [0.5, 0.6) is 0 Å².